The Morgan fingerprint density at radius 2 is 0.646 bits per heavy atom. The van der Waals surface area contributed by atoms with E-state index >= 15 is 0 Å². The molecule has 0 aliphatic heterocycles. The first-order valence-electron chi connectivity index (χ1n) is 19.2. The SMILES string of the molecule is CCCCCCCC(=O)OCC(CO)OC(=O)CCCCCCC.CCCCCCCC(=O)OCC(CO)OC(=O)CCCCCCC. The molecule has 48 heavy (non-hydrogen) atoms. The van der Waals surface area contributed by atoms with Gasteiger partial charge in [0.15, 0.2) is 12.2 Å². The number of aliphatic hydroxyl groups excluding tert-OH is 2. The van der Waals surface area contributed by atoms with Crippen molar-refractivity contribution in [1.29, 1.82) is 0 Å². The van der Waals surface area contributed by atoms with Gasteiger partial charge in [0.2, 0.25) is 0 Å². The Labute approximate surface area is 292 Å². The van der Waals surface area contributed by atoms with E-state index in [0.29, 0.717) is 25.7 Å². The lowest BCUT2D eigenvalue weighted by Gasteiger charge is -2.15. The fourth-order valence-electron chi connectivity index (χ4n) is 4.75. The largest absolute Gasteiger partial charge is 0.462 e. The van der Waals surface area contributed by atoms with Gasteiger partial charge in [-0.1, -0.05) is 130 Å². The van der Waals surface area contributed by atoms with Crippen LogP contribution in [0.25, 0.3) is 0 Å². The van der Waals surface area contributed by atoms with E-state index in [1.807, 2.05) is 0 Å². The van der Waals surface area contributed by atoms with E-state index in [2.05, 4.69) is 27.7 Å². The van der Waals surface area contributed by atoms with Crippen molar-refractivity contribution in [2.45, 2.75) is 194 Å². The summed E-state index contributed by atoms with van der Waals surface area (Å²) in [5.74, 6) is -1.25. The van der Waals surface area contributed by atoms with E-state index in [4.69, 9.17) is 18.9 Å². The quantitative estimate of drug-likeness (QED) is 0.0402. The van der Waals surface area contributed by atoms with Crippen molar-refractivity contribution in [3.8, 4) is 0 Å². The summed E-state index contributed by atoms with van der Waals surface area (Å²) in [6.07, 6.45) is 21.2. The van der Waals surface area contributed by atoms with Crippen LogP contribution >= 0.6 is 0 Å². The predicted octanol–water partition coefficient (Wildman–Crippen LogP) is 8.31. The number of ether oxygens (including phenoxy) is 4. The van der Waals surface area contributed by atoms with Crippen molar-refractivity contribution in [3.05, 3.63) is 0 Å². The molecule has 0 saturated heterocycles. The van der Waals surface area contributed by atoms with Crippen molar-refractivity contribution in [1.82, 2.24) is 0 Å². The number of esters is 4. The molecule has 0 radical (unpaired) electrons. The van der Waals surface area contributed by atoms with Crippen LogP contribution in [0.5, 0.6) is 0 Å². The molecule has 0 bridgehead atoms. The maximum atomic E-state index is 11.7. The van der Waals surface area contributed by atoms with Crippen molar-refractivity contribution in [2.24, 2.45) is 0 Å². The van der Waals surface area contributed by atoms with Gasteiger partial charge in [-0.2, -0.15) is 0 Å². The molecule has 0 spiro atoms. The fraction of sp³-hybridized carbons (Fsp3) is 0.895. The lowest BCUT2D eigenvalue weighted by atomic mass is 10.1. The lowest BCUT2D eigenvalue weighted by Crippen LogP contribution is -2.28. The Hall–Kier alpha value is -2.20. The molecule has 0 aromatic heterocycles. The Kier molecular flexibility index (Phi) is 37.5. The number of unbranched alkanes of at least 4 members (excludes halogenated alkanes) is 16. The molecule has 0 aromatic rings. The summed E-state index contributed by atoms with van der Waals surface area (Å²) in [4.78, 5) is 46.6. The van der Waals surface area contributed by atoms with Gasteiger partial charge >= 0.3 is 23.9 Å². The smallest absolute Gasteiger partial charge is 0.306 e. The second-order valence-electron chi connectivity index (χ2n) is 12.6. The molecular formula is C38H72O10. The maximum absolute atomic E-state index is 11.7. The second kappa shape index (κ2) is 37.6. The van der Waals surface area contributed by atoms with Gasteiger partial charge in [-0.05, 0) is 25.7 Å². The predicted molar refractivity (Wildman–Crippen MR) is 189 cm³/mol. The molecule has 0 rings (SSSR count). The third-order valence-electron chi connectivity index (χ3n) is 7.80. The van der Waals surface area contributed by atoms with Gasteiger partial charge in [0.05, 0.1) is 13.2 Å². The summed E-state index contributed by atoms with van der Waals surface area (Å²) in [5, 5.41) is 18.5. The highest BCUT2D eigenvalue weighted by Crippen LogP contribution is 2.10. The van der Waals surface area contributed by atoms with Gasteiger partial charge in [-0.15, -0.1) is 0 Å². The van der Waals surface area contributed by atoms with E-state index < -0.39 is 12.2 Å². The minimum absolute atomic E-state index is 0.0636. The summed E-state index contributed by atoms with van der Waals surface area (Å²) in [6, 6.07) is 0. The van der Waals surface area contributed by atoms with Crippen LogP contribution in [-0.2, 0) is 38.1 Å². The van der Waals surface area contributed by atoms with Crippen LogP contribution in [0.2, 0.25) is 0 Å². The van der Waals surface area contributed by atoms with Gasteiger partial charge in [0.25, 0.3) is 0 Å². The highest BCUT2D eigenvalue weighted by molar-refractivity contribution is 5.71. The molecule has 10 nitrogen and oxygen atoms in total. The van der Waals surface area contributed by atoms with Crippen LogP contribution < -0.4 is 0 Å². The van der Waals surface area contributed by atoms with Crippen LogP contribution in [-0.4, -0.2) is 72.7 Å². The number of aliphatic hydroxyl groups is 2. The molecule has 0 aliphatic carbocycles. The van der Waals surface area contributed by atoms with Crippen molar-refractivity contribution >= 4 is 23.9 Å². The van der Waals surface area contributed by atoms with Gasteiger partial charge in [-0.3, -0.25) is 19.2 Å². The molecule has 10 heteroatoms. The first-order chi connectivity index (χ1) is 23.3. The summed E-state index contributed by atoms with van der Waals surface area (Å²) in [7, 11) is 0. The minimum atomic E-state index is -0.753. The molecule has 284 valence electrons. The van der Waals surface area contributed by atoms with E-state index in [1.54, 1.807) is 0 Å². The highest BCUT2D eigenvalue weighted by atomic mass is 16.6. The normalized spacial score (nSPS) is 12.0. The number of hydrogen-bond donors (Lipinski definition) is 2. The number of carbonyl (C=O) groups is 4. The molecule has 0 saturated carbocycles. The molecule has 2 unspecified atom stereocenters. The monoisotopic (exact) mass is 689 g/mol. The molecule has 0 heterocycles. The maximum Gasteiger partial charge on any atom is 0.306 e. The number of rotatable bonds is 32. The zero-order valence-electron chi connectivity index (χ0n) is 31.1. The molecule has 0 fully saturated rings. The van der Waals surface area contributed by atoms with Crippen molar-refractivity contribution in [2.75, 3.05) is 26.4 Å². The third kappa shape index (κ3) is 35.1. The lowest BCUT2D eigenvalue weighted by molar-refractivity contribution is -0.161. The summed E-state index contributed by atoms with van der Waals surface area (Å²) >= 11 is 0. The number of carbonyl (C=O) groups excluding carboxylic acids is 4. The standard InChI is InChI=1S/2C19H36O5/c2*1-3-5-7-9-11-13-18(21)23-16-17(15-20)24-19(22)14-12-10-8-6-4-2/h2*17,20H,3-16H2,1-2H3. The van der Waals surface area contributed by atoms with Crippen LogP contribution in [0.1, 0.15) is 182 Å². The Morgan fingerprint density at radius 1 is 0.396 bits per heavy atom. The van der Waals surface area contributed by atoms with Crippen LogP contribution in [0, 0.1) is 0 Å². The Balaban J connectivity index is 0. The molecule has 0 amide bonds. The molecular weight excluding hydrogens is 616 g/mol. The second-order valence-corrected chi connectivity index (χ2v) is 12.6. The van der Waals surface area contributed by atoms with Crippen LogP contribution in [0.15, 0.2) is 0 Å². The third-order valence-corrected chi connectivity index (χ3v) is 7.80. The van der Waals surface area contributed by atoms with E-state index in [1.165, 1.54) is 51.4 Å². The highest BCUT2D eigenvalue weighted by Gasteiger charge is 2.17. The number of hydrogen-bond acceptors (Lipinski definition) is 10. The molecule has 2 N–H and O–H groups in total. The average Bonchev–Trinajstić information content (AvgIpc) is 3.08. The first-order valence-corrected chi connectivity index (χ1v) is 19.2. The van der Waals surface area contributed by atoms with E-state index in [9.17, 15) is 29.4 Å². The summed E-state index contributed by atoms with van der Waals surface area (Å²) < 4.78 is 20.5. The zero-order chi connectivity index (χ0) is 36.1. The zero-order valence-corrected chi connectivity index (χ0v) is 31.1. The Bertz CT molecular complexity index is 696. The minimum Gasteiger partial charge on any atom is -0.462 e. The molecule has 2 atom stereocenters. The van der Waals surface area contributed by atoms with Crippen LogP contribution in [0.4, 0.5) is 0 Å². The van der Waals surface area contributed by atoms with Gasteiger partial charge in [-0.25, -0.2) is 0 Å². The van der Waals surface area contributed by atoms with E-state index in [0.717, 1.165) is 77.0 Å². The summed E-state index contributed by atoms with van der Waals surface area (Å²) in [6.45, 7) is 7.80. The fourth-order valence-corrected chi connectivity index (χ4v) is 4.75. The van der Waals surface area contributed by atoms with Gasteiger partial charge < -0.3 is 29.2 Å². The first kappa shape index (κ1) is 47.9. The van der Waals surface area contributed by atoms with Crippen molar-refractivity contribution in [3.63, 3.8) is 0 Å². The van der Waals surface area contributed by atoms with Gasteiger partial charge in [0.1, 0.15) is 13.2 Å². The van der Waals surface area contributed by atoms with Crippen molar-refractivity contribution < 1.29 is 48.3 Å². The topological polar surface area (TPSA) is 146 Å². The molecule has 0 aromatic carbocycles. The van der Waals surface area contributed by atoms with E-state index in [-0.39, 0.29) is 50.3 Å². The summed E-state index contributed by atoms with van der Waals surface area (Å²) in [5.41, 5.74) is 0. The Morgan fingerprint density at radius 3 is 0.896 bits per heavy atom. The van der Waals surface area contributed by atoms with Crippen LogP contribution in [0.3, 0.4) is 0 Å². The molecule has 0 aliphatic rings. The average molecular weight is 689 g/mol. The van der Waals surface area contributed by atoms with Gasteiger partial charge in [0, 0.05) is 25.7 Å².